The van der Waals surface area contributed by atoms with E-state index in [9.17, 15) is 0 Å². The van der Waals surface area contributed by atoms with E-state index in [0.29, 0.717) is 6.79 Å². The Bertz CT molecular complexity index is 3250. The molecule has 448 valence electrons. The van der Waals surface area contributed by atoms with Crippen molar-refractivity contribution in [3.05, 3.63) is 237 Å². The third kappa shape index (κ3) is 10.6. The number of nitrogens with zero attached hydrogens (tertiary/aromatic N) is 8. The number of rotatable bonds is 10. The summed E-state index contributed by atoms with van der Waals surface area (Å²) in [4.78, 5) is 21.1. The molecule has 0 amide bonds. The third-order valence-electron chi connectivity index (χ3n) is 19.7. The Labute approximate surface area is 514 Å². The summed E-state index contributed by atoms with van der Waals surface area (Å²) in [5.74, 6) is 0. The zero-order chi connectivity index (χ0) is 59.2. The van der Waals surface area contributed by atoms with Crippen molar-refractivity contribution in [3.8, 4) is 0 Å². The van der Waals surface area contributed by atoms with Gasteiger partial charge in [0.1, 0.15) is 6.79 Å². The molecular weight excluding hydrogens is 1080 g/mol. The molecule has 8 aliphatic rings. The van der Waals surface area contributed by atoms with E-state index in [1.807, 2.05) is 48.5 Å². The summed E-state index contributed by atoms with van der Waals surface area (Å²) in [5.41, 5.74) is 47.5. The minimum absolute atomic E-state index is 0.389. The molecule has 0 aromatic heterocycles. The predicted molar refractivity (Wildman–Crippen MR) is 355 cm³/mol. The summed E-state index contributed by atoms with van der Waals surface area (Å²) in [6.07, 6.45) is 5.00. The minimum Gasteiger partial charge on any atom is -0.399 e. The first kappa shape index (κ1) is 56.7. The van der Waals surface area contributed by atoms with Gasteiger partial charge in [0.2, 0.25) is 0 Å². The molecule has 4 unspecified atom stereocenters. The van der Waals surface area contributed by atoms with Crippen molar-refractivity contribution < 1.29 is 9.47 Å². The largest absolute Gasteiger partial charge is 0.399 e. The quantitative estimate of drug-likeness (QED) is 0.0585. The third-order valence-corrected chi connectivity index (χ3v) is 19.7. The van der Waals surface area contributed by atoms with Crippen LogP contribution in [0.25, 0.3) is 0 Å². The zero-order valence-electron chi connectivity index (χ0n) is 50.7. The smallest absolute Gasteiger partial charge is 0.145 e. The van der Waals surface area contributed by atoms with Gasteiger partial charge < -0.3 is 52.0 Å². The predicted octanol–water partition coefficient (Wildman–Crippen LogP) is 10.6. The lowest BCUT2D eigenvalue weighted by Crippen LogP contribution is -2.49. The molecule has 14 heteroatoms. The van der Waals surface area contributed by atoms with Crippen LogP contribution in [0.3, 0.4) is 0 Å². The van der Waals surface area contributed by atoms with Gasteiger partial charge in [0, 0.05) is 138 Å². The monoisotopic (exact) mass is 1160 g/mol. The molecule has 0 radical (unpaired) electrons. The van der Waals surface area contributed by atoms with Crippen molar-refractivity contribution >= 4 is 45.5 Å². The van der Waals surface area contributed by atoms with Crippen molar-refractivity contribution in [2.24, 2.45) is 0 Å². The molecular formula is C73H84N12O2. The van der Waals surface area contributed by atoms with Crippen LogP contribution < -0.4 is 42.5 Å². The first-order chi connectivity index (χ1) is 42.6. The average molecular weight is 1160 g/mol. The highest BCUT2D eigenvalue weighted by Crippen LogP contribution is 2.52. The van der Waals surface area contributed by atoms with E-state index in [4.69, 9.17) is 22.9 Å². The van der Waals surface area contributed by atoms with Gasteiger partial charge in [-0.15, -0.1) is 0 Å². The lowest BCUT2D eigenvalue weighted by atomic mass is 9.63. The van der Waals surface area contributed by atoms with Gasteiger partial charge in [-0.1, -0.05) is 97.1 Å². The highest BCUT2D eigenvalue weighted by Gasteiger charge is 2.44. The van der Waals surface area contributed by atoms with Gasteiger partial charge in [-0.05, 0) is 165 Å². The molecule has 8 aliphatic heterocycles. The summed E-state index contributed by atoms with van der Waals surface area (Å²) < 4.78 is 8.94. The van der Waals surface area contributed by atoms with Gasteiger partial charge >= 0.3 is 0 Å². The Hall–Kier alpha value is -8.08. The number of hydrogen-bond acceptors (Lipinski definition) is 14. The number of anilines is 8. The fourth-order valence-corrected chi connectivity index (χ4v) is 15.8. The Balaban J connectivity index is 0.000000166. The summed E-state index contributed by atoms with van der Waals surface area (Å²) in [7, 11) is 3.17. The van der Waals surface area contributed by atoms with E-state index in [1.165, 1.54) is 119 Å². The lowest BCUT2D eigenvalue weighted by molar-refractivity contribution is -0.00272. The number of methoxy groups -OCH3 is 2. The molecule has 8 N–H and O–H groups in total. The molecule has 0 aliphatic carbocycles. The van der Waals surface area contributed by atoms with Crippen molar-refractivity contribution in [1.82, 2.24) is 19.6 Å². The first-order valence-corrected chi connectivity index (χ1v) is 31.4. The van der Waals surface area contributed by atoms with Gasteiger partial charge in [-0.3, -0.25) is 19.6 Å². The summed E-state index contributed by atoms with van der Waals surface area (Å²) >= 11 is 0. The van der Waals surface area contributed by atoms with Crippen LogP contribution in [0.15, 0.2) is 170 Å². The van der Waals surface area contributed by atoms with Gasteiger partial charge in [-0.2, -0.15) is 0 Å². The van der Waals surface area contributed by atoms with Gasteiger partial charge in [0.25, 0.3) is 0 Å². The second kappa shape index (κ2) is 23.9. The Morgan fingerprint density at radius 2 is 0.517 bits per heavy atom. The van der Waals surface area contributed by atoms with Crippen molar-refractivity contribution in [2.45, 2.75) is 62.7 Å². The Kier molecular flexibility index (Phi) is 15.6. The van der Waals surface area contributed by atoms with E-state index in [0.717, 1.165) is 124 Å². The number of nitrogen functional groups attached to an aromatic ring is 4. The summed E-state index contributed by atoms with van der Waals surface area (Å²) in [5, 5.41) is 0. The van der Waals surface area contributed by atoms with E-state index >= 15 is 0 Å². The maximum Gasteiger partial charge on any atom is 0.145 e. The molecule has 0 saturated carbocycles. The van der Waals surface area contributed by atoms with Crippen LogP contribution in [0.1, 0.15) is 92.4 Å². The van der Waals surface area contributed by atoms with Crippen molar-refractivity contribution in [3.63, 3.8) is 0 Å². The molecule has 16 rings (SSSR count). The van der Waals surface area contributed by atoms with Crippen molar-refractivity contribution in [2.75, 3.05) is 143 Å². The molecule has 8 aromatic rings. The Morgan fingerprint density at radius 3 is 0.736 bits per heavy atom. The molecule has 8 bridgehead atoms. The minimum atomic E-state index is -0.581. The molecule has 87 heavy (non-hydrogen) atoms. The summed E-state index contributed by atoms with van der Waals surface area (Å²) in [6, 6.07) is 62.5. The lowest BCUT2D eigenvalue weighted by Gasteiger charge is -2.46. The van der Waals surface area contributed by atoms with Crippen LogP contribution in [0, 0.1) is 0 Å². The SMILES string of the molecule is COCOC.Nc1ccc(C(c2ccc(N)cc2)(c2ccc(N)cc2)c2ccc(N)cc2)cc1.c1cc2c(cc1C(c1ccc3c(c1)CN1CCCN3C1)(c1ccc3c(c1)CN1CCCN3C1)c1ccc3c(c1)CN1CCCN3C1)CN1CCCN2C1. The zero-order valence-corrected chi connectivity index (χ0v) is 50.7. The van der Waals surface area contributed by atoms with Gasteiger partial charge in [-0.25, -0.2) is 0 Å². The maximum absolute atomic E-state index is 6.00. The topological polar surface area (TPSA) is 148 Å². The van der Waals surface area contributed by atoms with Crippen LogP contribution in [-0.4, -0.2) is 120 Å². The fraction of sp³-hybridized carbons (Fsp3) is 0.342. The number of ether oxygens (including phenoxy) is 2. The summed E-state index contributed by atoms with van der Waals surface area (Å²) in [6.45, 7) is 18.2. The number of hydrogen-bond donors (Lipinski definition) is 4. The van der Waals surface area contributed by atoms with E-state index in [1.54, 1.807) is 14.2 Å². The number of fused-ring (bicyclic) bond motifs is 16. The second-order valence-corrected chi connectivity index (χ2v) is 25.3. The molecule has 8 aromatic carbocycles. The number of benzene rings is 8. The highest BCUT2D eigenvalue weighted by molar-refractivity contribution is 5.72. The van der Waals surface area contributed by atoms with Gasteiger partial charge in [0.15, 0.2) is 0 Å². The fourth-order valence-electron chi connectivity index (χ4n) is 15.8. The van der Waals surface area contributed by atoms with Crippen LogP contribution in [0.2, 0.25) is 0 Å². The van der Waals surface area contributed by atoms with Crippen LogP contribution in [-0.2, 0) is 46.5 Å². The first-order valence-electron chi connectivity index (χ1n) is 31.4. The van der Waals surface area contributed by atoms with Gasteiger partial charge in [0.05, 0.1) is 37.5 Å². The second-order valence-electron chi connectivity index (χ2n) is 25.3. The molecule has 4 saturated heterocycles. The molecule has 0 spiro atoms. The van der Waals surface area contributed by atoms with Crippen LogP contribution >= 0.6 is 0 Å². The van der Waals surface area contributed by atoms with E-state index < -0.39 is 10.8 Å². The maximum atomic E-state index is 6.00. The standard InChI is InChI=1S/C45H52N8.C25H24N4.C3H8O2/c1-13-46-25-33-21-37(5-9-41(33)50(17-1)29-46)45(38-6-10-42-34(22-38)26-47-14-2-18-51(42)30-47,39-7-11-43-35(23-39)27-48-15-3-19-52(43)31-48)40-8-12-44-36(24-40)28-49-16-4-20-53(44)32-49;26-21-9-1-17(2-10-21)25(18-3-11-22(27)12-4-18,19-5-13-23(28)14-6-19)20-7-15-24(29)16-8-20;1-4-3-5-2/h5-12,21-24H,1-4,13-20,25-32H2;1-16H,26-29H2;3H2,1-2H3. The van der Waals surface area contributed by atoms with Crippen LogP contribution in [0.5, 0.6) is 0 Å². The Morgan fingerprint density at radius 1 is 0.299 bits per heavy atom. The van der Waals surface area contributed by atoms with E-state index in [-0.39, 0.29) is 0 Å². The molecule has 4 fully saturated rings. The average Bonchev–Trinajstić information content (AvgIpc) is 0.821. The molecule has 4 atom stereocenters. The highest BCUT2D eigenvalue weighted by atomic mass is 16.6. The van der Waals surface area contributed by atoms with Crippen molar-refractivity contribution in [1.29, 1.82) is 0 Å². The molecule has 14 nitrogen and oxygen atoms in total. The molecule has 8 heterocycles. The van der Waals surface area contributed by atoms with Crippen LogP contribution in [0.4, 0.5) is 45.5 Å². The normalized spacial score (nSPS) is 21.1. The van der Waals surface area contributed by atoms with E-state index in [2.05, 4.69) is 170 Å². The number of nitrogens with two attached hydrogens (primary N) is 4.